The summed E-state index contributed by atoms with van der Waals surface area (Å²) < 4.78 is 0. The Morgan fingerprint density at radius 3 is 2.35 bits per heavy atom. The molecule has 1 N–H and O–H groups in total. The van der Waals surface area contributed by atoms with E-state index in [1.165, 1.54) is 32.1 Å². The Balaban J connectivity index is 3.71. The molecule has 0 aromatic heterocycles. The fourth-order valence-electron chi connectivity index (χ4n) is 2.04. The monoisotopic (exact) mass is 238 g/mol. The van der Waals surface area contributed by atoms with Gasteiger partial charge in [0.05, 0.1) is 11.5 Å². The molecule has 0 fully saturated rings. The molecule has 0 aromatic carbocycles. The second-order valence-electron chi connectivity index (χ2n) is 5.68. The summed E-state index contributed by atoms with van der Waals surface area (Å²) >= 11 is 0. The third kappa shape index (κ3) is 9.18. The number of nitrogens with one attached hydrogen (secondary N) is 1. The van der Waals surface area contributed by atoms with Crippen LogP contribution in [-0.2, 0) is 0 Å². The molecule has 0 rings (SSSR count). The highest BCUT2D eigenvalue weighted by Crippen LogP contribution is 2.20. The fraction of sp³-hybridized carbons (Fsp3) is 0.933. The van der Waals surface area contributed by atoms with Crippen LogP contribution in [0.25, 0.3) is 0 Å². The van der Waals surface area contributed by atoms with Gasteiger partial charge in [-0.15, -0.1) is 0 Å². The van der Waals surface area contributed by atoms with Crippen molar-refractivity contribution in [3.63, 3.8) is 0 Å². The van der Waals surface area contributed by atoms with Gasteiger partial charge in [0.1, 0.15) is 0 Å². The molecular weight excluding hydrogens is 208 g/mol. The summed E-state index contributed by atoms with van der Waals surface area (Å²) in [7, 11) is 0. The van der Waals surface area contributed by atoms with Crippen molar-refractivity contribution < 1.29 is 0 Å². The van der Waals surface area contributed by atoms with Gasteiger partial charge in [-0.25, -0.2) is 0 Å². The van der Waals surface area contributed by atoms with Gasteiger partial charge in [0.25, 0.3) is 0 Å². The van der Waals surface area contributed by atoms with Crippen LogP contribution in [0.4, 0.5) is 0 Å². The van der Waals surface area contributed by atoms with E-state index in [0.29, 0.717) is 6.04 Å². The molecule has 17 heavy (non-hydrogen) atoms. The van der Waals surface area contributed by atoms with E-state index in [9.17, 15) is 0 Å². The SMILES string of the molecule is CCCCC(CCC)NCCCC(C)(C)C#N. The summed E-state index contributed by atoms with van der Waals surface area (Å²) in [6, 6.07) is 3.05. The minimum absolute atomic E-state index is 0.161. The summed E-state index contributed by atoms with van der Waals surface area (Å²) in [6.07, 6.45) is 8.53. The average Bonchev–Trinajstić information content (AvgIpc) is 2.31. The van der Waals surface area contributed by atoms with Crippen molar-refractivity contribution in [2.45, 2.75) is 78.7 Å². The van der Waals surface area contributed by atoms with Crippen LogP contribution in [0.3, 0.4) is 0 Å². The van der Waals surface area contributed by atoms with Crippen LogP contribution in [0.5, 0.6) is 0 Å². The zero-order valence-electron chi connectivity index (χ0n) is 12.2. The van der Waals surface area contributed by atoms with Crippen molar-refractivity contribution in [1.29, 1.82) is 5.26 Å². The number of hydrogen-bond acceptors (Lipinski definition) is 2. The maximum atomic E-state index is 8.93. The van der Waals surface area contributed by atoms with Crippen LogP contribution in [0.2, 0.25) is 0 Å². The summed E-state index contributed by atoms with van der Waals surface area (Å²) in [5.74, 6) is 0. The Bertz CT molecular complexity index is 215. The molecule has 0 aliphatic heterocycles. The fourth-order valence-corrected chi connectivity index (χ4v) is 2.04. The first-order valence-corrected chi connectivity index (χ1v) is 7.20. The third-order valence-electron chi connectivity index (χ3n) is 3.26. The predicted molar refractivity (Wildman–Crippen MR) is 74.9 cm³/mol. The zero-order chi connectivity index (χ0) is 13.1. The van der Waals surface area contributed by atoms with E-state index >= 15 is 0 Å². The minimum Gasteiger partial charge on any atom is -0.314 e. The number of nitriles is 1. The van der Waals surface area contributed by atoms with Gasteiger partial charge in [-0.2, -0.15) is 5.26 Å². The average molecular weight is 238 g/mol. The molecule has 0 heterocycles. The van der Waals surface area contributed by atoms with Crippen molar-refractivity contribution in [3.05, 3.63) is 0 Å². The quantitative estimate of drug-likeness (QED) is 0.577. The molecule has 2 heteroatoms. The maximum Gasteiger partial charge on any atom is 0.0683 e. The van der Waals surface area contributed by atoms with Crippen LogP contribution >= 0.6 is 0 Å². The van der Waals surface area contributed by atoms with E-state index < -0.39 is 0 Å². The second-order valence-corrected chi connectivity index (χ2v) is 5.68. The van der Waals surface area contributed by atoms with E-state index in [1.54, 1.807) is 0 Å². The van der Waals surface area contributed by atoms with Crippen molar-refractivity contribution in [2.24, 2.45) is 5.41 Å². The molecule has 0 radical (unpaired) electrons. The first-order valence-electron chi connectivity index (χ1n) is 7.20. The van der Waals surface area contributed by atoms with E-state index in [4.69, 9.17) is 5.26 Å². The molecule has 0 amide bonds. The van der Waals surface area contributed by atoms with E-state index in [-0.39, 0.29) is 5.41 Å². The number of nitrogens with zero attached hydrogens (tertiary/aromatic N) is 1. The van der Waals surface area contributed by atoms with Gasteiger partial charge in [0, 0.05) is 6.04 Å². The lowest BCUT2D eigenvalue weighted by Crippen LogP contribution is -2.30. The minimum atomic E-state index is -0.161. The second kappa shape index (κ2) is 9.48. The maximum absolute atomic E-state index is 8.93. The lowest BCUT2D eigenvalue weighted by molar-refractivity contribution is 0.390. The highest BCUT2D eigenvalue weighted by atomic mass is 14.9. The van der Waals surface area contributed by atoms with Crippen molar-refractivity contribution in [3.8, 4) is 6.07 Å². The van der Waals surface area contributed by atoms with Gasteiger partial charge in [0.2, 0.25) is 0 Å². The molecule has 0 saturated heterocycles. The molecule has 0 aromatic rings. The lowest BCUT2D eigenvalue weighted by atomic mass is 9.90. The predicted octanol–water partition coefficient (Wildman–Crippen LogP) is 4.26. The van der Waals surface area contributed by atoms with E-state index in [2.05, 4.69) is 25.2 Å². The molecule has 100 valence electrons. The van der Waals surface area contributed by atoms with Gasteiger partial charge in [-0.3, -0.25) is 0 Å². The van der Waals surface area contributed by atoms with Crippen molar-refractivity contribution in [2.75, 3.05) is 6.54 Å². The van der Waals surface area contributed by atoms with Crippen LogP contribution in [0, 0.1) is 16.7 Å². The summed E-state index contributed by atoms with van der Waals surface area (Å²) in [5.41, 5.74) is -0.161. The first-order chi connectivity index (χ1) is 8.05. The van der Waals surface area contributed by atoms with Gasteiger partial charge < -0.3 is 5.32 Å². The molecule has 0 aliphatic carbocycles. The van der Waals surface area contributed by atoms with Crippen LogP contribution in [0.1, 0.15) is 72.6 Å². The lowest BCUT2D eigenvalue weighted by Gasteiger charge is -2.19. The molecule has 0 saturated carbocycles. The van der Waals surface area contributed by atoms with E-state index in [1.807, 2.05) is 13.8 Å². The standard InChI is InChI=1S/C15H30N2/c1-5-7-10-14(9-6-2)17-12-8-11-15(3,4)13-16/h14,17H,5-12H2,1-4H3. The van der Waals surface area contributed by atoms with Crippen molar-refractivity contribution in [1.82, 2.24) is 5.32 Å². The van der Waals surface area contributed by atoms with Gasteiger partial charge in [-0.05, 0) is 46.1 Å². The Morgan fingerprint density at radius 1 is 1.12 bits per heavy atom. The molecular formula is C15H30N2. The van der Waals surface area contributed by atoms with Crippen molar-refractivity contribution >= 4 is 0 Å². The Hall–Kier alpha value is -0.550. The van der Waals surface area contributed by atoms with Crippen LogP contribution < -0.4 is 5.32 Å². The van der Waals surface area contributed by atoms with Gasteiger partial charge in [-0.1, -0.05) is 33.1 Å². The highest BCUT2D eigenvalue weighted by molar-refractivity contribution is 4.91. The molecule has 0 aliphatic rings. The summed E-state index contributed by atoms with van der Waals surface area (Å²) in [4.78, 5) is 0. The topological polar surface area (TPSA) is 35.8 Å². The van der Waals surface area contributed by atoms with Gasteiger partial charge >= 0.3 is 0 Å². The first kappa shape index (κ1) is 16.4. The summed E-state index contributed by atoms with van der Waals surface area (Å²) in [6.45, 7) is 9.60. The molecule has 2 nitrogen and oxygen atoms in total. The number of rotatable bonds is 10. The summed E-state index contributed by atoms with van der Waals surface area (Å²) in [5, 5.41) is 12.6. The van der Waals surface area contributed by atoms with Gasteiger partial charge in [0.15, 0.2) is 0 Å². The smallest absolute Gasteiger partial charge is 0.0683 e. The molecule has 1 atom stereocenters. The Morgan fingerprint density at radius 2 is 1.82 bits per heavy atom. The Labute approximate surface area is 108 Å². The molecule has 0 spiro atoms. The highest BCUT2D eigenvalue weighted by Gasteiger charge is 2.15. The van der Waals surface area contributed by atoms with E-state index in [0.717, 1.165) is 19.4 Å². The zero-order valence-corrected chi connectivity index (χ0v) is 12.2. The Kier molecular flexibility index (Phi) is 9.17. The largest absolute Gasteiger partial charge is 0.314 e. The molecule has 0 bridgehead atoms. The normalized spacial score (nSPS) is 13.4. The number of unbranched alkanes of at least 4 members (excludes halogenated alkanes) is 1. The third-order valence-corrected chi connectivity index (χ3v) is 3.26. The molecule has 1 unspecified atom stereocenters. The van der Waals surface area contributed by atoms with Crippen LogP contribution in [-0.4, -0.2) is 12.6 Å². The van der Waals surface area contributed by atoms with Crippen LogP contribution in [0.15, 0.2) is 0 Å². The number of hydrogen-bond donors (Lipinski definition) is 1.